The molecule has 3 aromatic rings. The molecule has 1 amide bonds. The summed E-state index contributed by atoms with van der Waals surface area (Å²) in [6.07, 6.45) is 1.94. The van der Waals surface area contributed by atoms with Crippen LogP contribution >= 0.6 is 11.8 Å². The fraction of sp³-hybridized carbons (Fsp3) is 0.320. The van der Waals surface area contributed by atoms with Gasteiger partial charge in [0.15, 0.2) is 0 Å². The van der Waals surface area contributed by atoms with Gasteiger partial charge in [0.2, 0.25) is 0 Å². The average Bonchev–Trinajstić information content (AvgIpc) is 2.79. The number of para-hydroxylation sites is 1. The van der Waals surface area contributed by atoms with E-state index in [0.717, 1.165) is 48.8 Å². The van der Waals surface area contributed by atoms with Crippen LogP contribution in [-0.2, 0) is 10.5 Å². The van der Waals surface area contributed by atoms with Gasteiger partial charge < -0.3 is 4.74 Å². The highest BCUT2D eigenvalue weighted by Crippen LogP contribution is 2.33. The van der Waals surface area contributed by atoms with Crippen LogP contribution in [0.2, 0.25) is 0 Å². The third-order valence-electron chi connectivity index (χ3n) is 6.24. The van der Waals surface area contributed by atoms with Crippen molar-refractivity contribution in [3.05, 3.63) is 72.3 Å². The molecule has 3 aliphatic rings. The highest BCUT2D eigenvalue weighted by atomic mass is 32.2. The summed E-state index contributed by atoms with van der Waals surface area (Å²) < 4.78 is 5.80. The average molecular weight is 419 g/mol. The zero-order chi connectivity index (χ0) is 20.3. The van der Waals surface area contributed by atoms with E-state index in [4.69, 9.17) is 4.74 Å². The third-order valence-corrected chi connectivity index (χ3v) is 7.36. The maximum absolute atomic E-state index is 12.6. The third kappa shape index (κ3) is 4.18. The second kappa shape index (κ2) is 8.70. The van der Waals surface area contributed by atoms with Gasteiger partial charge in [0.1, 0.15) is 6.10 Å². The lowest BCUT2D eigenvalue weighted by Crippen LogP contribution is -2.52. The van der Waals surface area contributed by atoms with Crippen molar-refractivity contribution < 1.29 is 9.53 Å². The van der Waals surface area contributed by atoms with Gasteiger partial charge in [-0.2, -0.15) is 0 Å². The normalized spacial score (nSPS) is 22.7. The number of carbonyl (C=O) groups excluding carboxylic acids is 1. The Hall–Kier alpha value is -2.50. The molecule has 0 radical (unpaired) electrons. The molecule has 0 aliphatic carbocycles. The van der Waals surface area contributed by atoms with Crippen LogP contribution in [0.1, 0.15) is 18.4 Å². The molecule has 3 aliphatic heterocycles. The zero-order valence-corrected chi connectivity index (χ0v) is 17.7. The van der Waals surface area contributed by atoms with E-state index in [1.165, 1.54) is 16.3 Å². The number of nitrogens with zero attached hydrogens (tertiary/aromatic N) is 1. The van der Waals surface area contributed by atoms with Crippen molar-refractivity contribution in [3.8, 4) is 0 Å². The zero-order valence-electron chi connectivity index (χ0n) is 16.9. The molecule has 5 heteroatoms. The molecule has 154 valence electrons. The summed E-state index contributed by atoms with van der Waals surface area (Å²) in [5.41, 5.74) is 2.11. The van der Waals surface area contributed by atoms with Crippen molar-refractivity contribution in [1.82, 2.24) is 4.90 Å². The van der Waals surface area contributed by atoms with E-state index < -0.39 is 0 Å². The van der Waals surface area contributed by atoms with Crippen LogP contribution in [0.25, 0.3) is 10.8 Å². The van der Waals surface area contributed by atoms with Crippen LogP contribution in [0.3, 0.4) is 0 Å². The highest BCUT2D eigenvalue weighted by molar-refractivity contribution is 7.98. The Kier molecular flexibility index (Phi) is 5.65. The monoisotopic (exact) mass is 418 g/mol. The number of nitrogens with one attached hydrogen (secondary N) is 1. The number of fused-ring (bicyclic) bond motifs is 4. The molecule has 0 aromatic heterocycles. The lowest BCUT2D eigenvalue weighted by Gasteiger charge is -2.43. The number of anilines is 1. The number of benzene rings is 3. The van der Waals surface area contributed by atoms with Crippen molar-refractivity contribution >= 4 is 34.3 Å². The first-order valence-electron chi connectivity index (χ1n) is 10.6. The number of hydrogen-bond donors (Lipinski definition) is 1. The first kappa shape index (κ1) is 19.5. The number of hydrogen-bond acceptors (Lipinski definition) is 4. The number of amides is 1. The van der Waals surface area contributed by atoms with E-state index in [1.807, 2.05) is 18.2 Å². The molecular formula is C25H26N2O2S. The van der Waals surface area contributed by atoms with E-state index in [0.29, 0.717) is 5.92 Å². The van der Waals surface area contributed by atoms with E-state index in [2.05, 4.69) is 58.7 Å². The number of thioether (sulfide) groups is 1. The molecule has 3 aromatic carbocycles. The Balaban J connectivity index is 1.25. The molecule has 3 heterocycles. The maximum atomic E-state index is 12.6. The number of piperidine rings is 3. The van der Waals surface area contributed by atoms with Gasteiger partial charge in [-0.15, -0.1) is 11.8 Å². The van der Waals surface area contributed by atoms with Crippen molar-refractivity contribution in [1.29, 1.82) is 0 Å². The van der Waals surface area contributed by atoms with Gasteiger partial charge in [-0.1, -0.05) is 54.6 Å². The van der Waals surface area contributed by atoms with Gasteiger partial charge in [0, 0.05) is 17.2 Å². The molecule has 4 nitrogen and oxygen atoms in total. The van der Waals surface area contributed by atoms with E-state index in [-0.39, 0.29) is 12.2 Å². The summed E-state index contributed by atoms with van der Waals surface area (Å²) in [5.74, 6) is 1.35. The van der Waals surface area contributed by atoms with E-state index >= 15 is 0 Å². The predicted molar refractivity (Wildman–Crippen MR) is 123 cm³/mol. The fourth-order valence-corrected chi connectivity index (χ4v) is 5.60. The first-order chi connectivity index (χ1) is 14.8. The summed E-state index contributed by atoms with van der Waals surface area (Å²) in [5, 5.41) is 5.52. The van der Waals surface area contributed by atoms with E-state index in [9.17, 15) is 4.79 Å². The summed E-state index contributed by atoms with van der Waals surface area (Å²) >= 11 is 1.74. The molecule has 2 bridgehead atoms. The lowest BCUT2D eigenvalue weighted by molar-refractivity contribution is -0.0289. The first-order valence-corrected chi connectivity index (χ1v) is 11.6. The van der Waals surface area contributed by atoms with Gasteiger partial charge >= 0.3 is 6.09 Å². The topological polar surface area (TPSA) is 41.6 Å². The molecule has 0 spiro atoms. The molecular weight excluding hydrogens is 392 g/mol. The summed E-state index contributed by atoms with van der Waals surface area (Å²) in [4.78, 5) is 16.0. The molecule has 1 unspecified atom stereocenters. The fourth-order valence-electron chi connectivity index (χ4n) is 4.59. The molecule has 1 atom stereocenters. The Morgan fingerprint density at radius 1 is 1.00 bits per heavy atom. The minimum absolute atomic E-state index is 0.0167. The van der Waals surface area contributed by atoms with Crippen LogP contribution in [0.4, 0.5) is 10.5 Å². The Morgan fingerprint density at radius 2 is 1.77 bits per heavy atom. The number of carbonyl (C=O) groups is 1. The smallest absolute Gasteiger partial charge is 0.411 e. The van der Waals surface area contributed by atoms with Gasteiger partial charge in [0.25, 0.3) is 0 Å². The van der Waals surface area contributed by atoms with Crippen molar-refractivity contribution in [3.63, 3.8) is 0 Å². The lowest BCUT2D eigenvalue weighted by atomic mass is 9.86. The van der Waals surface area contributed by atoms with E-state index in [1.54, 1.807) is 11.8 Å². The SMILES string of the molecule is O=C(Nc1ccccc1SCc1cccc2ccccc12)OC1CN2CCC1CC2. The molecule has 3 saturated heterocycles. The van der Waals surface area contributed by atoms with Crippen molar-refractivity contribution in [2.45, 2.75) is 29.6 Å². The maximum Gasteiger partial charge on any atom is 0.411 e. The summed E-state index contributed by atoms with van der Waals surface area (Å²) in [7, 11) is 0. The molecule has 0 saturated carbocycles. The molecule has 1 N–H and O–H groups in total. The standard InChI is InChI=1S/C25H26N2O2S/c28-25(29-23-16-27-14-12-19(23)13-15-27)26-22-10-3-4-11-24(22)30-17-20-8-5-7-18-6-1-2-9-21(18)20/h1-11,19,23H,12-17H2,(H,26,28). The van der Waals surface area contributed by atoms with Crippen LogP contribution in [-0.4, -0.2) is 36.7 Å². The Morgan fingerprint density at radius 3 is 2.60 bits per heavy atom. The molecule has 6 rings (SSSR count). The second-order valence-corrected chi connectivity index (χ2v) is 9.15. The van der Waals surface area contributed by atoms with Gasteiger partial charge in [-0.05, 0) is 60.3 Å². The second-order valence-electron chi connectivity index (χ2n) is 8.13. The van der Waals surface area contributed by atoms with Gasteiger partial charge in [-0.3, -0.25) is 10.2 Å². The van der Waals surface area contributed by atoms with Crippen molar-refractivity contribution in [2.24, 2.45) is 5.92 Å². The van der Waals surface area contributed by atoms with Crippen LogP contribution in [0, 0.1) is 5.92 Å². The quantitative estimate of drug-likeness (QED) is 0.534. The molecule has 3 fully saturated rings. The van der Waals surface area contributed by atoms with Crippen molar-refractivity contribution in [2.75, 3.05) is 25.0 Å². The minimum Gasteiger partial charge on any atom is -0.444 e. The number of ether oxygens (including phenoxy) is 1. The Labute approximate surface area is 181 Å². The Bertz CT molecular complexity index is 1040. The minimum atomic E-state index is -0.341. The highest BCUT2D eigenvalue weighted by Gasteiger charge is 2.36. The summed E-state index contributed by atoms with van der Waals surface area (Å²) in [6.45, 7) is 3.15. The van der Waals surface area contributed by atoms with Gasteiger partial charge in [0.05, 0.1) is 5.69 Å². The van der Waals surface area contributed by atoms with Crippen LogP contribution < -0.4 is 5.32 Å². The van der Waals surface area contributed by atoms with Crippen LogP contribution in [0.5, 0.6) is 0 Å². The summed E-state index contributed by atoms with van der Waals surface area (Å²) in [6, 6.07) is 22.8. The van der Waals surface area contributed by atoms with Crippen LogP contribution in [0.15, 0.2) is 71.6 Å². The molecule has 30 heavy (non-hydrogen) atoms. The predicted octanol–water partition coefficient (Wildman–Crippen LogP) is 5.77. The largest absolute Gasteiger partial charge is 0.444 e. The van der Waals surface area contributed by atoms with Gasteiger partial charge in [-0.25, -0.2) is 4.79 Å². The number of rotatable bonds is 5.